The first-order valence-electron chi connectivity index (χ1n) is 11.1. The Labute approximate surface area is 217 Å². The van der Waals surface area contributed by atoms with E-state index in [9.17, 15) is 9.90 Å². The van der Waals surface area contributed by atoms with Gasteiger partial charge in [0.2, 0.25) is 5.75 Å². The number of para-hydroxylation sites is 1. The molecular weight excluding hydrogens is 494 g/mol. The lowest BCUT2D eigenvalue weighted by atomic mass is 10.1. The maximum absolute atomic E-state index is 12.4. The summed E-state index contributed by atoms with van der Waals surface area (Å²) in [5.41, 5.74) is 4.76. The van der Waals surface area contributed by atoms with Crippen molar-refractivity contribution in [3.63, 3.8) is 0 Å². The van der Waals surface area contributed by atoms with Crippen molar-refractivity contribution in [1.29, 1.82) is 0 Å². The third-order valence-corrected chi connectivity index (χ3v) is 6.13. The molecule has 0 atom stereocenters. The number of nitrogens with zero attached hydrogens (tertiary/aromatic N) is 4. The number of benzene rings is 3. The lowest BCUT2D eigenvalue weighted by molar-refractivity contribution is -0.118. The first kappa shape index (κ1) is 25.6. The number of hydrogen-bond acceptors (Lipinski definition) is 9. The van der Waals surface area contributed by atoms with Crippen LogP contribution in [-0.2, 0) is 4.79 Å². The van der Waals surface area contributed by atoms with Crippen molar-refractivity contribution < 1.29 is 24.1 Å². The Hall–Kier alpha value is -4.51. The lowest BCUT2D eigenvalue weighted by Crippen LogP contribution is -2.20. The summed E-state index contributed by atoms with van der Waals surface area (Å²) in [4.78, 5) is 12.4. The quantitative estimate of drug-likeness (QED) is 0.184. The van der Waals surface area contributed by atoms with Crippen molar-refractivity contribution in [2.75, 3.05) is 27.1 Å². The number of aromatic hydroxyl groups is 1. The van der Waals surface area contributed by atoms with Crippen LogP contribution in [0.4, 0.5) is 0 Å². The second kappa shape index (κ2) is 12.0. The molecule has 190 valence electrons. The van der Waals surface area contributed by atoms with Crippen LogP contribution in [0, 0.1) is 0 Å². The Balaban J connectivity index is 1.59. The number of methoxy groups -OCH3 is 3. The highest BCUT2D eigenvalue weighted by Crippen LogP contribution is 2.41. The largest absolute Gasteiger partial charge is 0.508 e. The van der Waals surface area contributed by atoms with E-state index in [2.05, 4.69) is 20.7 Å². The first-order valence-corrected chi connectivity index (χ1v) is 12.1. The monoisotopic (exact) mass is 519 g/mol. The van der Waals surface area contributed by atoms with Crippen LogP contribution in [0.5, 0.6) is 23.0 Å². The molecule has 0 aliphatic heterocycles. The summed E-state index contributed by atoms with van der Waals surface area (Å²) in [7, 11) is 4.64. The summed E-state index contributed by atoms with van der Waals surface area (Å²) in [6.45, 7) is 0. The molecular formula is C26H25N5O5S. The average Bonchev–Trinajstić information content (AvgIpc) is 3.36. The molecule has 0 aliphatic rings. The maximum atomic E-state index is 12.4. The van der Waals surface area contributed by atoms with Crippen LogP contribution in [0.25, 0.3) is 17.1 Å². The van der Waals surface area contributed by atoms with Crippen molar-refractivity contribution in [1.82, 2.24) is 20.2 Å². The van der Waals surface area contributed by atoms with E-state index in [-0.39, 0.29) is 17.4 Å². The van der Waals surface area contributed by atoms with Gasteiger partial charge in [-0.2, -0.15) is 5.10 Å². The minimum Gasteiger partial charge on any atom is -0.508 e. The van der Waals surface area contributed by atoms with E-state index in [1.54, 1.807) is 57.7 Å². The third-order valence-electron chi connectivity index (χ3n) is 5.20. The second-order valence-electron chi connectivity index (χ2n) is 7.56. The molecule has 37 heavy (non-hydrogen) atoms. The number of thioether (sulfide) groups is 1. The molecule has 1 aromatic heterocycles. The SMILES string of the molecule is COc1cc(-c2nnc(SCC(=O)N/N=C\c3ccc(O)cc3)n2-c2ccccc2)cc(OC)c1OC. The molecule has 4 rings (SSSR count). The predicted octanol–water partition coefficient (Wildman–Crippen LogP) is 3.91. The van der Waals surface area contributed by atoms with Gasteiger partial charge in [0.05, 0.1) is 33.3 Å². The van der Waals surface area contributed by atoms with Crippen molar-refractivity contribution in [3.8, 4) is 40.1 Å². The number of phenols is 1. The number of rotatable bonds is 10. The fraction of sp³-hybridized carbons (Fsp3) is 0.154. The predicted molar refractivity (Wildman–Crippen MR) is 141 cm³/mol. The molecule has 10 nitrogen and oxygen atoms in total. The number of hydrogen-bond donors (Lipinski definition) is 2. The number of phenolic OH excluding ortho intramolecular Hbond substituents is 1. The van der Waals surface area contributed by atoms with Crippen molar-refractivity contribution >= 4 is 23.9 Å². The highest BCUT2D eigenvalue weighted by atomic mass is 32.2. The van der Waals surface area contributed by atoms with E-state index in [0.717, 1.165) is 11.3 Å². The molecule has 1 heterocycles. The van der Waals surface area contributed by atoms with Gasteiger partial charge in [-0.05, 0) is 54.1 Å². The highest BCUT2D eigenvalue weighted by Gasteiger charge is 2.21. The van der Waals surface area contributed by atoms with Gasteiger partial charge >= 0.3 is 0 Å². The second-order valence-corrected chi connectivity index (χ2v) is 8.51. The van der Waals surface area contributed by atoms with E-state index in [1.165, 1.54) is 18.0 Å². The average molecular weight is 520 g/mol. The summed E-state index contributed by atoms with van der Waals surface area (Å²) in [6.07, 6.45) is 1.50. The molecule has 3 aromatic carbocycles. The van der Waals surface area contributed by atoms with Crippen LogP contribution in [0.3, 0.4) is 0 Å². The van der Waals surface area contributed by atoms with E-state index in [1.807, 2.05) is 34.9 Å². The molecule has 0 spiro atoms. The van der Waals surface area contributed by atoms with Crippen molar-refractivity contribution in [3.05, 3.63) is 72.3 Å². The van der Waals surface area contributed by atoms with Crippen LogP contribution in [0.1, 0.15) is 5.56 Å². The Bertz CT molecular complexity index is 1370. The maximum Gasteiger partial charge on any atom is 0.250 e. The summed E-state index contributed by atoms with van der Waals surface area (Å²) < 4.78 is 18.3. The zero-order valence-corrected chi connectivity index (χ0v) is 21.2. The topological polar surface area (TPSA) is 120 Å². The fourth-order valence-corrected chi connectivity index (χ4v) is 4.22. The number of nitrogens with one attached hydrogen (secondary N) is 1. The fourth-order valence-electron chi connectivity index (χ4n) is 3.47. The molecule has 0 unspecified atom stereocenters. The first-order chi connectivity index (χ1) is 18.0. The van der Waals surface area contributed by atoms with Gasteiger partial charge in [-0.15, -0.1) is 10.2 Å². The molecule has 0 fully saturated rings. The number of carbonyl (C=O) groups excluding carboxylic acids is 1. The van der Waals surface area contributed by atoms with Crippen LogP contribution in [-0.4, -0.2) is 59.1 Å². The highest BCUT2D eigenvalue weighted by molar-refractivity contribution is 7.99. The molecule has 0 saturated heterocycles. The summed E-state index contributed by atoms with van der Waals surface area (Å²) in [5, 5.41) is 22.6. The minimum atomic E-state index is -0.308. The molecule has 1 amide bonds. The number of hydrazone groups is 1. The normalized spacial score (nSPS) is 10.9. The lowest BCUT2D eigenvalue weighted by Gasteiger charge is -2.15. The zero-order valence-electron chi connectivity index (χ0n) is 20.4. The molecule has 2 N–H and O–H groups in total. The molecule has 11 heteroatoms. The molecule has 0 bridgehead atoms. The van der Waals surface area contributed by atoms with Crippen molar-refractivity contribution in [2.24, 2.45) is 5.10 Å². The van der Waals surface area contributed by atoms with E-state index < -0.39 is 0 Å². The standard InChI is InChI=1S/C26H25N5O5S/c1-34-21-13-18(14-22(35-2)24(21)36-3)25-29-30-26(31(25)19-7-5-4-6-8-19)37-16-23(33)28-27-15-17-9-11-20(32)12-10-17/h4-15,32H,16H2,1-3H3,(H,28,33)/b27-15-. The van der Waals surface area contributed by atoms with E-state index in [0.29, 0.717) is 33.8 Å². The third kappa shape index (κ3) is 6.01. The van der Waals surface area contributed by atoms with Crippen LogP contribution in [0.2, 0.25) is 0 Å². The Kier molecular flexibility index (Phi) is 8.26. The summed E-state index contributed by atoms with van der Waals surface area (Å²) in [5.74, 6) is 1.90. The number of amides is 1. The molecule has 0 saturated carbocycles. The number of ether oxygens (including phenoxy) is 3. The number of carbonyl (C=O) groups is 1. The van der Waals surface area contributed by atoms with E-state index >= 15 is 0 Å². The Morgan fingerprint density at radius 2 is 1.68 bits per heavy atom. The van der Waals surface area contributed by atoms with Crippen LogP contribution < -0.4 is 19.6 Å². The van der Waals surface area contributed by atoms with Gasteiger partial charge < -0.3 is 19.3 Å². The Morgan fingerprint density at radius 3 is 2.30 bits per heavy atom. The number of aromatic nitrogens is 3. The van der Waals surface area contributed by atoms with E-state index in [4.69, 9.17) is 14.2 Å². The smallest absolute Gasteiger partial charge is 0.250 e. The van der Waals surface area contributed by atoms with Gasteiger partial charge in [0.15, 0.2) is 22.5 Å². The Morgan fingerprint density at radius 1 is 1.00 bits per heavy atom. The molecule has 0 aliphatic carbocycles. The molecule has 0 radical (unpaired) electrons. The zero-order chi connectivity index (χ0) is 26.2. The van der Waals surface area contributed by atoms with Gasteiger partial charge in [0, 0.05) is 11.3 Å². The summed E-state index contributed by atoms with van der Waals surface area (Å²) in [6, 6.07) is 19.6. The van der Waals surface area contributed by atoms with Gasteiger partial charge in [-0.25, -0.2) is 5.43 Å². The van der Waals surface area contributed by atoms with Gasteiger partial charge in [0.25, 0.3) is 5.91 Å². The minimum absolute atomic E-state index is 0.0626. The van der Waals surface area contributed by atoms with Gasteiger partial charge in [-0.3, -0.25) is 9.36 Å². The summed E-state index contributed by atoms with van der Waals surface area (Å²) >= 11 is 1.22. The molecule has 4 aromatic rings. The van der Waals surface area contributed by atoms with Gasteiger partial charge in [0.1, 0.15) is 5.75 Å². The van der Waals surface area contributed by atoms with Crippen LogP contribution in [0.15, 0.2) is 77.0 Å². The van der Waals surface area contributed by atoms with Gasteiger partial charge in [-0.1, -0.05) is 30.0 Å². The van der Waals surface area contributed by atoms with Crippen LogP contribution >= 0.6 is 11.8 Å². The van der Waals surface area contributed by atoms with Crippen molar-refractivity contribution in [2.45, 2.75) is 5.16 Å².